The predicted octanol–water partition coefficient (Wildman–Crippen LogP) is 0.991. The second-order valence-electron chi connectivity index (χ2n) is 2.23. The summed E-state index contributed by atoms with van der Waals surface area (Å²) in [5.41, 5.74) is 0. The molecule has 0 saturated carbocycles. The lowest BCUT2D eigenvalue weighted by molar-refractivity contribution is 1.15. The molecule has 0 bridgehead atoms. The smallest absolute Gasteiger partial charge is 0.228 e. The van der Waals surface area contributed by atoms with Gasteiger partial charge in [0.25, 0.3) is 0 Å². The van der Waals surface area contributed by atoms with Crippen LogP contribution in [-0.4, -0.2) is 27.4 Å². The third-order valence-electron chi connectivity index (χ3n) is 1.37. The third-order valence-corrected chi connectivity index (χ3v) is 2.26. The fourth-order valence-corrected chi connectivity index (χ4v) is 1.59. The largest absolute Gasteiger partial charge is 0.304 e. The van der Waals surface area contributed by atoms with Crippen molar-refractivity contribution in [3.8, 4) is 0 Å². The van der Waals surface area contributed by atoms with Gasteiger partial charge in [0.1, 0.15) is 0 Å². The molecule has 0 aliphatic carbocycles. The molecule has 0 aromatic carbocycles. The fourth-order valence-electron chi connectivity index (χ4n) is 0.870. The average Bonchev–Trinajstić information content (AvgIpc) is 2.59. The number of anilines is 1. The van der Waals surface area contributed by atoms with Gasteiger partial charge in [-0.2, -0.15) is 0 Å². The molecule has 62 valence electrons. The quantitative estimate of drug-likeness (QED) is 0.700. The molecule has 0 spiro atoms. The van der Waals surface area contributed by atoms with Crippen LogP contribution in [0.25, 0.3) is 0 Å². The van der Waals surface area contributed by atoms with Crippen molar-refractivity contribution in [3.63, 3.8) is 0 Å². The van der Waals surface area contributed by atoms with Crippen molar-refractivity contribution < 1.29 is 0 Å². The van der Waals surface area contributed by atoms with E-state index in [0.717, 1.165) is 17.5 Å². The lowest BCUT2D eigenvalue weighted by atomic mass is 10.7. The predicted molar refractivity (Wildman–Crippen MR) is 50.4 cm³/mol. The summed E-state index contributed by atoms with van der Waals surface area (Å²) in [4.78, 5) is 12.3. The van der Waals surface area contributed by atoms with Crippen LogP contribution >= 0.6 is 11.8 Å². The Bertz CT molecular complexity index is 285. The highest BCUT2D eigenvalue weighted by molar-refractivity contribution is 8.14. The molecule has 0 saturated heterocycles. The number of thioether (sulfide) groups is 1. The molecule has 1 aromatic rings. The number of nitrogens with one attached hydrogen (secondary N) is 1. The van der Waals surface area contributed by atoms with Crippen LogP contribution in [0.2, 0.25) is 0 Å². The van der Waals surface area contributed by atoms with Gasteiger partial charge in [-0.25, -0.2) is 9.97 Å². The summed E-state index contributed by atoms with van der Waals surface area (Å²) in [7, 11) is 0. The van der Waals surface area contributed by atoms with E-state index in [1.54, 1.807) is 30.2 Å². The maximum absolute atomic E-state index is 4.22. The maximum atomic E-state index is 4.22. The number of amidine groups is 1. The number of hydrogen-bond donors (Lipinski definition) is 1. The summed E-state index contributed by atoms with van der Waals surface area (Å²) < 4.78 is 0. The zero-order valence-electron chi connectivity index (χ0n) is 6.40. The van der Waals surface area contributed by atoms with E-state index in [0.29, 0.717) is 5.95 Å². The first-order valence-electron chi connectivity index (χ1n) is 3.66. The molecule has 1 aromatic heterocycles. The minimum absolute atomic E-state index is 0.616. The summed E-state index contributed by atoms with van der Waals surface area (Å²) in [5, 5.41) is 3.95. The van der Waals surface area contributed by atoms with E-state index in [4.69, 9.17) is 0 Å². The molecule has 2 heterocycles. The van der Waals surface area contributed by atoms with Gasteiger partial charge in [0.2, 0.25) is 5.95 Å². The fraction of sp³-hybridized carbons (Fsp3) is 0.286. The van der Waals surface area contributed by atoms with Crippen LogP contribution in [0.1, 0.15) is 0 Å². The van der Waals surface area contributed by atoms with Crippen molar-refractivity contribution in [1.82, 2.24) is 9.97 Å². The highest BCUT2D eigenvalue weighted by Gasteiger charge is 2.07. The molecule has 0 fully saturated rings. The van der Waals surface area contributed by atoms with Gasteiger partial charge >= 0.3 is 0 Å². The molecule has 0 unspecified atom stereocenters. The number of hydrogen-bond acceptors (Lipinski definition) is 5. The van der Waals surface area contributed by atoms with E-state index in [1.165, 1.54) is 0 Å². The molecule has 5 heteroatoms. The van der Waals surface area contributed by atoms with Gasteiger partial charge in [-0.1, -0.05) is 11.8 Å². The minimum Gasteiger partial charge on any atom is -0.304 e. The van der Waals surface area contributed by atoms with Gasteiger partial charge in [-0.05, 0) is 6.07 Å². The molecule has 0 radical (unpaired) electrons. The summed E-state index contributed by atoms with van der Waals surface area (Å²) in [6.07, 6.45) is 3.41. The van der Waals surface area contributed by atoms with E-state index >= 15 is 0 Å². The highest BCUT2D eigenvalue weighted by atomic mass is 32.2. The first-order chi connectivity index (χ1) is 5.95. The van der Waals surface area contributed by atoms with Crippen LogP contribution in [0.5, 0.6) is 0 Å². The van der Waals surface area contributed by atoms with Crippen LogP contribution < -0.4 is 5.32 Å². The van der Waals surface area contributed by atoms with Crippen LogP contribution in [0.3, 0.4) is 0 Å². The Morgan fingerprint density at radius 1 is 1.33 bits per heavy atom. The Kier molecular flexibility index (Phi) is 2.22. The van der Waals surface area contributed by atoms with Gasteiger partial charge in [0.15, 0.2) is 5.17 Å². The SMILES string of the molecule is c1cnc(NC2=NCCS2)nc1. The van der Waals surface area contributed by atoms with Gasteiger partial charge in [0.05, 0.1) is 6.54 Å². The summed E-state index contributed by atoms with van der Waals surface area (Å²) in [5.74, 6) is 1.67. The molecule has 1 aliphatic rings. The van der Waals surface area contributed by atoms with Crippen molar-refractivity contribution in [2.24, 2.45) is 4.99 Å². The Hall–Kier alpha value is -1.10. The van der Waals surface area contributed by atoms with Gasteiger partial charge in [-0.3, -0.25) is 4.99 Å². The molecule has 2 rings (SSSR count). The summed E-state index contributed by atoms with van der Waals surface area (Å²) >= 11 is 1.70. The second kappa shape index (κ2) is 3.53. The van der Waals surface area contributed by atoms with Crippen LogP contribution in [0, 0.1) is 0 Å². The molecular formula is C7H8N4S. The van der Waals surface area contributed by atoms with E-state index in [-0.39, 0.29) is 0 Å². The van der Waals surface area contributed by atoms with E-state index in [2.05, 4.69) is 20.3 Å². The Morgan fingerprint density at radius 2 is 2.17 bits per heavy atom. The number of aromatic nitrogens is 2. The second-order valence-corrected chi connectivity index (χ2v) is 3.32. The lowest BCUT2D eigenvalue weighted by Gasteiger charge is -2.00. The molecular weight excluding hydrogens is 172 g/mol. The highest BCUT2D eigenvalue weighted by Crippen LogP contribution is 2.12. The molecule has 4 nitrogen and oxygen atoms in total. The maximum Gasteiger partial charge on any atom is 0.228 e. The van der Waals surface area contributed by atoms with Gasteiger partial charge in [0, 0.05) is 18.1 Å². The summed E-state index contributed by atoms with van der Waals surface area (Å²) in [6.45, 7) is 0.889. The standard InChI is InChI=1S/C7H8N4S/c1-2-8-6(9-3-1)11-7-10-4-5-12-7/h1-3H,4-5H2,(H,8,9,10,11). The lowest BCUT2D eigenvalue weighted by Crippen LogP contribution is -2.07. The topological polar surface area (TPSA) is 50.2 Å². The third kappa shape index (κ3) is 1.73. The van der Waals surface area contributed by atoms with Crippen molar-refractivity contribution >= 4 is 22.9 Å². The Balaban J connectivity index is 2.04. The zero-order valence-corrected chi connectivity index (χ0v) is 7.21. The van der Waals surface area contributed by atoms with Crippen LogP contribution in [0.15, 0.2) is 23.5 Å². The number of rotatable bonds is 1. The van der Waals surface area contributed by atoms with Crippen LogP contribution in [-0.2, 0) is 0 Å². The monoisotopic (exact) mass is 180 g/mol. The molecule has 1 N–H and O–H groups in total. The number of aliphatic imine (C=N–C) groups is 1. The normalized spacial score (nSPS) is 15.8. The Morgan fingerprint density at radius 3 is 2.83 bits per heavy atom. The van der Waals surface area contributed by atoms with Gasteiger partial charge in [-0.15, -0.1) is 0 Å². The molecule has 0 amide bonds. The van der Waals surface area contributed by atoms with Crippen LogP contribution in [0.4, 0.5) is 5.95 Å². The van der Waals surface area contributed by atoms with Crippen molar-refractivity contribution in [2.75, 3.05) is 17.6 Å². The number of nitrogens with zero attached hydrogens (tertiary/aromatic N) is 3. The van der Waals surface area contributed by atoms with Crippen molar-refractivity contribution in [1.29, 1.82) is 0 Å². The van der Waals surface area contributed by atoms with E-state index < -0.39 is 0 Å². The minimum atomic E-state index is 0.616. The molecule has 12 heavy (non-hydrogen) atoms. The Labute approximate surface area is 74.5 Å². The van der Waals surface area contributed by atoms with E-state index in [9.17, 15) is 0 Å². The molecule has 1 aliphatic heterocycles. The molecule has 0 atom stereocenters. The average molecular weight is 180 g/mol. The van der Waals surface area contributed by atoms with Gasteiger partial charge < -0.3 is 5.32 Å². The van der Waals surface area contributed by atoms with E-state index in [1.807, 2.05) is 0 Å². The first kappa shape index (κ1) is 7.54. The summed E-state index contributed by atoms with van der Waals surface area (Å²) in [6, 6.07) is 1.79. The first-order valence-corrected chi connectivity index (χ1v) is 4.65. The van der Waals surface area contributed by atoms with Crippen molar-refractivity contribution in [3.05, 3.63) is 18.5 Å². The zero-order chi connectivity index (χ0) is 8.23. The van der Waals surface area contributed by atoms with Crippen molar-refractivity contribution in [2.45, 2.75) is 0 Å².